The van der Waals surface area contributed by atoms with E-state index in [0.717, 1.165) is 0 Å². The van der Waals surface area contributed by atoms with Gasteiger partial charge in [-0.2, -0.15) is 0 Å². The Morgan fingerprint density at radius 3 is 1.22 bits per heavy atom. The second-order valence-corrected chi connectivity index (χ2v) is 14.0. The SMILES string of the molecule is Cc1cc(C)cc(N(c2ccc([Si](c3ccccc3)(c3ccccc3)c3ccccc3)cc2)C(C)C)c1. The maximum absolute atomic E-state index is 2.50. The Hall–Kier alpha value is -3.88. The zero-order valence-electron chi connectivity index (χ0n) is 22.2. The van der Waals surface area contributed by atoms with Crippen molar-refractivity contribution in [3.8, 4) is 0 Å². The van der Waals surface area contributed by atoms with Gasteiger partial charge in [0.1, 0.15) is 0 Å². The van der Waals surface area contributed by atoms with E-state index in [1.807, 2.05) is 0 Å². The van der Waals surface area contributed by atoms with Crippen LogP contribution < -0.4 is 25.6 Å². The maximum atomic E-state index is 2.45. The Morgan fingerprint density at radius 1 is 0.459 bits per heavy atom. The normalized spacial score (nSPS) is 11.5. The number of rotatable bonds is 7. The Morgan fingerprint density at radius 2 is 0.838 bits per heavy atom. The lowest BCUT2D eigenvalue weighted by Gasteiger charge is -2.35. The fourth-order valence-electron chi connectivity index (χ4n) is 5.77. The van der Waals surface area contributed by atoms with Crippen molar-refractivity contribution in [3.05, 3.63) is 145 Å². The summed E-state index contributed by atoms with van der Waals surface area (Å²) in [6, 6.07) is 49.9. The monoisotopic (exact) mass is 497 g/mol. The van der Waals surface area contributed by atoms with Gasteiger partial charge in [0.2, 0.25) is 0 Å². The number of aryl methyl sites for hydroxylation is 2. The van der Waals surface area contributed by atoms with E-state index in [4.69, 9.17) is 0 Å². The second-order valence-electron chi connectivity index (χ2n) is 10.2. The fourth-order valence-corrected chi connectivity index (χ4v) is 10.5. The molecule has 2 heteroatoms. The fraction of sp³-hybridized carbons (Fsp3) is 0.143. The van der Waals surface area contributed by atoms with Gasteiger partial charge >= 0.3 is 0 Å². The second kappa shape index (κ2) is 10.6. The van der Waals surface area contributed by atoms with Crippen molar-refractivity contribution >= 4 is 40.2 Å². The van der Waals surface area contributed by atoms with Crippen molar-refractivity contribution < 1.29 is 0 Å². The molecule has 184 valence electrons. The van der Waals surface area contributed by atoms with Crippen LogP contribution in [0.15, 0.2) is 133 Å². The van der Waals surface area contributed by atoms with Gasteiger partial charge in [0.05, 0.1) is 0 Å². The summed E-state index contributed by atoms with van der Waals surface area (Å²) in [6.07, 6.45) is 0. The molecule has 0 unspecified atom stereocenters. The van der Waals surface area contributed by atoms with Crippen LogP contribution in [0.5, 0.6) is 0 Å². The van der Waals surface area contributed by atoms with Crippen molar-refractivity contribution in [3.63, 3.8) is 0 Å². The molecule has 5 rings (SSSR count). The molecule has 1 nitrogen and oxygen atoms in total. The molecule has 0 fully saturated rings. The predicted octanol–water partition coefficient (Wildman–Crippen LogP) is 6.23. The summed E-state index contributed by atoms with van der Waals surface area (Å²) in [4.78, 5) is 2.45. The van der Waals surface area contributed by atoms with Crippen LogP contribution in [0, 0.1) is 13.8 Å². The minimum absolute atomic E-state index is 0.339. The summed E-state index contributed by atoms with van der Waals surface area (Å²) >= 11 is 0. The summed E-state index contributed by atoms with van der Waals surface area (Å²) in [5.74, 6) is 0. The Balaban J connectivity index is 1.72. The molecule has 5 aromatic carbocycles. The number of benzene rings is 5. The van der Waals surface area contributed by atoms with Crippen LogP contribution in [-0.4, -0.2) is 14.1 Å². The quantitative estimate of drug-likeness (QED) is 0.190. The zero-order valence-corrected chi connectivity index (χ0v) is 23.2. The van der Waals surface area contributed by atoms with E-state index in [1.54, 1.807) is 0 Å². The first-order valence-electron chi connectivity index (χ1n) is 13.1. The molecule has 0 N–H and O–H groups in total. The predicted molar refractivity (Wildman–Crippen MR) is 163 cm³/mol. The van der Waals surface area contributed by atoms with E-state index < -0.39 is 8.07 Å². The molecular weight excluding hydrogens is 462 g/mol. The van der Waals surface area contributed by atoms with Crippen LogP contribution in [0.4, 0.5) is 11.4 Å². The summed E-state index contributed by atoms with van der Waals surface area (Å²) in [7, 11) is -2.50. The minimum atomic E-state index is -2.50. The molecule has 0 aliphatic heterocycles. The van der Waals surface area contributed by atoms with E-state index in [2.05, 4.69) is 166 Å². The summed E-state index contributed by atoms with van der Waals surface area (Å²) in [5, 5.41) is 5.59. The Labute approximate surface area is 223 Å². The molecule has 0 atom stereocenters. The smallest absolute Gasteiger partial charge is 0.179 e. The first-order chi connectivity index (χ1) is 18.0. The third-order valence-electron chi connectivity index (χ3n) is 7.20. The van der Waals surface area contributed by atoms with Gasteiger partial charge in [-0.15, -0.1) is 0 Å². The molecule has 0 aliphatic rings. The summed E-state index contributed by atoms with van der Waals surface area (Å²) in [5.41, 5.74) is 5.06. The zero-order chi connectivity index (χ0) is 25.8. The first-order valence-corrected chi connectivity index (χ1v) is 15.1. The standard InChI is InChI=1S/C35H35NSi/c1-27(2)36(31-25-28(3)24-29(4)26-31)30-20-22-35(23-21-30)37(32-14-8-5-9-15-32,33-16-10-6-11-17-33)34-18-12-7-13-19-34/h5-27H,1-4H3. The minimum Gasteiger partial charge on any atom is -0.339 e. The molecule has 0 aromatic heterocycles. The van der Waals surface area contributed by atoms with Gasteiger partial charge in [-0.3, -0.25) is 0 Å². The largest absolute Gasteiger partial charge is 0.339 e. The molecule has 37 heavy (non-hydrogen) atoms. The number of nitrogens with zero attached hydrogens (tertiary/aromatic N) is 1. The van der Waals surface area contributed by atoms with Crippen LogP contribution in [0.2, 0.25) is 0 Å². The molecule has 0 radical (unpaired) electrons. The van der Waals surface area contributed by atoms with Gasteiger partial charge in [-0.1, -0.05) is 109 Å². The third-order valence-corrected chi connectivity index (χ3v) is 12.0. The molecule has 0 heterocycles. The molecular formula is C35H35NSi. The highest BCUT2D eigenvalue weighted by molar-refractivity contribution is 7.19. The van der Waals surface area contributed by atoms with E-state index in [9.17, 15) is 0 Å². The van der Waals surface area contributed by atoms with E-state index in [-0.39, 0.29) is 0 Å². The van der Waals surface area contributed by atoms with Crippen molar-refractivity contribution in [2.24, 2.45) is 0 Å². The third kappa shape index (κ3) is 4.77. The van der Waals surface area contributed by atoms with Crippen molar-refractivity contribution in [1.29, 1.82) is 0 Å². The Kier molecular flexibility index (Phi) is 7.12. The molecule has 0 saturated carbocycles. The first kappa shape index (κ1) is 24.8. The van der Waals surface area contributed by atoms with Gasteiger partial charge in [-0.05, 0) is 83.8 Å². The number of hydrogen-bond acceptors (Lipinski definition) is 1. The van der Waals surface area contributed by atoms with Crippen molar-refractivity contribution in [2.75, 3.05) is 4.90 Å². The van der Waals surface area contributed by atoms with E-state index >= 15 is 0 Å². The van der Waals surface area contributed by atoms with Gasteiger partial charge in [0.25, 0.3) is 0 Å². The number of hydrogen-bond donors (Lipinski definition) is 0. The summed E-state index contributed by atoms with van der Waals surface area (Å²) in [6.45, 7) is 8.89. The van der Waals surface area contributed by atoms with Crippen LogP contribution >= 0.6 is 0 Å². The average Bonchev–Trinajstić information content (AvgIpc) is 2.91. The molecule has 5 aromatic rings. The number of anilines is 2. The average molecular weight is 498 g/mol. The van der Waals surface area contributed by atoms with Gasteiger partial charge in [0.15, 0.2) is 8.07 Å². The van der Waals surface area contributed by atoms with Crippen molar-refractivity contribution in [2.45, 2.75) is 33.7 Å². The van der Waals surface area contributed by atoms with E-state index in [0.29, 0.717) is 6.04 Å². The highest BCUT2D eigenvalue weighted by Crippen LogP contribution is 2.29. The topological polar surface area (TPSA) is 3.24 Å². The van der Waals surface area contributed by atoms with Gasteiger partial charge in [0, 0.05) is 17.4 Å². The van der Waals surface area contributed by atoms with Crippen LogP contribution in [0.1, 0.15) is 25.0 Å². The lowest BCUT2D eigenvalue weighted by Crippen LogP contribution is -2.74. The van der Waals surface area contributed by atoms with Crippen LogP contribution in [0.3, 0.4) is 0 Å². The van der Waals surface area contributed by atoms with E-state index in [1.165, 1.54) is 43.2 Å². The molecule has 0 aliphatic carbocycles. The van der Waals surface area contributed by atoms with Crippen molar-refractivity contribution in [1.82, 2.24) is 0 Å². The Bertz CT molecular complexity index is 1330. The van der Waals surface area contributed by atoms with Gasteiger partial charge in [-0.25, -0.2) is 0 Å². The highest BCUT2D eigenvalue weighted by Gasteiger charge is 2.41. The molecule has 0 bridgehead atoms. The maximum Gasteiger partial charge on any atom is 0.179 e. The lowest BCUT2D eigenvalue weighted by molar-refractivity contribution is 0.788. The van der Waals surface area contributed by atoms with Crippen LogP contribution in [-0.2, 0) is 0 Å². The molecule has 0 amide bonds. The molecule has 0 spiro atoms. The highest BCUT2D eigenvalue weighted by atomic mass is 28.3. The molecule has 0 saturated heterocycles. The van der Waals surface area contributed by atoms with Gasteiger partial charge < -0.3 is 4.90 Å². The lowest BCUT2D eigenvalue weighted by atomic mass is 10.1. The van der Waals surface area contributed by atoms with Crippen LogP contribution in [0.25, 0.3) is 0 Å². The summed E-state index contributed by atoms with van der Waals surface area (Å²) < 4.78 is 0.